The van der Waals surface area contributed by atoms with Crippen LogP contribution in [0.3, 0.4) is 0 Å². The Morgan fingerprint density at radius 1 is 1.11 bits per heavy atom. The van der Waals surface area contributed by atoms with Gasteiger partial charge in [-0.3, -0.25) is 0 Å². The summed E-state index contributed by atoms with van der Waals surface area (Å²) in [6.45, 7) is 3.00. The van der Waals surface area contributed by atoms with Crippen molar-refractivity contribution in [2.24, 2.45) is 5.92 Å². The predicted octanol–water partition coefficient (Wildman–Crippen LogP) is 4.60. The summed E-state index contributed by atoms with van der Waals surface area (Å²) in [6, 6.07) is 10.8. The Kier molecular flexibility index (Phi) is 5.73. The minimum Gasteiger partial charge on any atom is -0.378 e. The summed E-state index contributed by atoms with van der Waals surface area (Å²) in [7, 11) is 0. The van der Waals surface area contributed by atoms with Crippen LogP contribution in [0.25, 0.3) is 0 Å². The molecule has 0 N–H and O–H groups in total. The standard InChI is InChI=1S/C17H26O/c1-2-18-17-14-7-6-12-16(17)13-8-11-15-9-4-3-5-10-15/h3-5,9-10,16-17H,2,6-8,11-14H2,1H3/t16-,17+/m1/s1. The van der Waals surface area contributed by atoms with Crippen LogP contribution in [-0.4, -0.2) is 12.7 Å². The molecule has 0 aliphatic heterocycles. The highest BCUT2D eigenvalue weighted by atomic mass is 16.5. The molecule has 100 valence electrons. The summed E-state index contributed by atoms with van der Waals surface area (Å²) in [4.78, 5) is 0. The Morgan fingerprint density at radius 3 is 2.67 bits per heavy atom. The quantitative estimate of drug-likeness (QED) is 0.712. The van der Waals surface area contributed by atoms with Crippen molar-refractivity contribution in [2.45, 2.75) is 58.0 Å². The van der Waals surface area contributed by atoms with E-state index >= 15 is 0 Å². The highest BCUT2D eigenvalue weighted by Gasteiger charge is 2.24. The molecule has 1 aliphatic rings. The first kappa shape index (κ1) is 13.6. The lowest BCUT2D eigenvalue weighted by Crippen LogP contribution is -2.27. The lowest BCUT2D eigenvalue weighted by Gasteiger charge is -2.31. The Morgan fingerprint density at radius 2 is 1.89 bits per heavy atom. The molecule has 1 aromatic carbocycles. The van der Waals surface area contributed by atoms with E-state index in [1.807, 2.05) is 0 Å². The molecule has 0 bridgehead atoms. The fraction of sp³-hybridized carbons (Fsp3) is 0.647. The van der Waals surface area contributed by atoms with Crippen LogP contribution in [0.2, 0.25) is 0 Å². The summed E-state index contributed by atoms with van der Waals surface area (Å²) < 4.78 is 5.90. The van der Waals surface area contributed by atoms with E-state index in [2.05, 4.69) is 37.3 Å². The number of rotatable bonds is 6. The zero-order valence-electron chi connectivity index (χ0n) is 11.6. The largest absolute Gasteiger partial charge is 0.378 e. The highest BCUT2D eigenvalue weighted by molar-refractivity contribution is 5.14. The van der Waals surface area contributed by atoms with E-state index in [0.29, 0.717) is 6.10 Å². The maximum absolute atomic E-state index is 5.90. The van der Waals surface area contributed by atoms with Gasteiger partial charge in [-0.15, -0.1) is 0 Å². The first-order valence-corrected chi connectivity index (χ1v) is 7.55. The molecule has 1 aromatic rings. The first-order chi connectivity index (χ1) is 8.90. The normalized spacial score (nSPS) is 24.1. The average Bonchev–Trinajstić information content (AvgIpc) is 2.42. The minimum absolute atomic E-state index is 0.541. The molecular weight excluding hydrogens is 220 g/mol. The molecule has 0 amide bonds. The Bertz CT molecular complexity index is 318. The molecule has 0 heterocycles. The molecule has 2 atom stereocenters. The van der Waals surface area contributed by atoms with E-state index < -0.39 is 0 Å². The maximum atomic E-state index is 5.90. The van der Waals surface area contributed by atoms with Crippen molar-refractivity contribution in [3.63, 3.8) is 0 Å². The molecule has 0 aromatic heterocycles. The van der Waals surface area contributed by atoms with Crippen molar-refractivity contribution in [3.05, 3.63) is 35.9 Å². The number of aryl methyl sites for hydroxylation is 1. The van der Waals surface area contributed by atoms with Gasteiger partial charge >= 0.3 is 0 Å². The average molecular weight is 246 g/mol. The van der Waals surface area contributed by atoms with Crippen LogP contribution < -0.4 is 0 Å². The smallest absolute Gasteiger partial charge is 0.0603 e. The summed E-state index contributed by atoms with van der Waals surface area (Å²) in [5.74, 6) is 0.808. The number of hydrogen-bond acceptors (Lipinski definition) is 1. The van der Waals surface area contributed by atoms with E-state index in [0.717, 1.165) is 12.5 Å². The van der Waals surface area contributed by atoms with E-state index in [-0.39, 0.29) is 0 Å². The predicted molar refractivity (Wildman–Crippen MR) is 76.8 cm³/mol. The van der Waals surface area contributed by atoms with Gasteiger partial charge in [0.1, 0.15) is 0 Å². The fourth-order valence-electron chi connectivity index (χ4n) is 3.15. The topological polar surface area (TPSA) is 9.23 Å². The Labute approximate surface area is 112 Å². The van der Waals surface area contributed by atoms with E-state index in [9.17, 15) is 0 Å². The summed E-state index contributed by atoms with van der Waals surface area (Å²) in [5, 5.41) is 0. The second-order valence-electron chi connectivity index (χ2n) is 5.42. The van der Waals surface area contributed by atoms with Crippen LogP contribution in [0.5, 0.6) is 0 Å². The molecule has 1 saturated carbocycles. The molecule has 0 saturated heterocycles. The first-order valence-electron chi connectivity index (χ1n) is 7.55. The zero-order valence-corrected chi connectivity index (χ0v) is 11.6. The summed E-state index contributed by atoms with van der Waals surface area (Å²) in [5.41, 5.74) is 1.47. The van der Waals surface area contributed by atoms with Crippen LogP contribution in [0, 0.1) is 5.92 Å². The van der Waals surface area contributed by atoms with Gasteiger partial charge in [-0.05, 0) is 50.5 Å². The van der Waals surface area contributed by atoms with Gasteiger partial charge in [0.15, 0.2) is 0 Å². The van der Waals surface area contributed by atoms with Crippen LogP contribution in [0.15, 0.2) is 30.3 Å². The molecule has 0 unspecified atom stereocenters. The fourth-order valence-corrected chi connectivity index (χ4v) is 3.15. The van der Waals surface area contributed by atoms with Gasteiger partial charge in [0.05, 0.1) is 6.10 Å². The van der Waals surface area contributed by atoms with Crippen molar-refractivity contribution in [1.29, 1.82) is 0 Å². The Balaban J connectivity index is 1.74. The number of ether oxygens (including phenoxy) is 1. The van der Waals surface area contributed by atoms with Gasteiger partial charge in [0.2, 0.25) is 0 Å². The van der Waals surface area contributed by atoms with Crippen molar-refractivity contribution in [2.75, 3.05) is 6.61 Å². The van der Waals surface area contributed by atoms with Crippen LogP contribution in [0.4, 0.5) is 0 Å². The minimum atomic E-state index is 0.541. The highest BCUT2D eigenvalue weighted by Crippen LogP contribution is 2.30. The molecular formula is C17H26O. The molecule has 0 spiro atoms. The molecule has 1 aliphatic carbocycles. The zero-order chi connectivity index (χ0) is 12.6. The van der Waals surface area contributed by atoms with E-state index in [1.165, 1.54) is 50.5 Å². The molecule has 1 nitrogen and oxygen atoms in total. The number of hydrogen-bond donors (Lipinski definition) is 0. The van der Waals surface area contributed by atoms with Crippen LogP contribution in [-0.2, 0) is 11.2 Å². The van der Waals surface area contributed by atoms with Crippen LogP contribution in [0.1, 0.15) is 51.0 Å². The molecule has 0 radical (unpaired) electrons. The second kappa shape index (κ2) is 7.58. The van der Waals surface area contributed by atoms with Crippen molar-refractivity contribution in [3.8, 4) is 0 Å². The monoisotopic (exact) mass is 246 g/mol. The molecule has 18 heavy (non-hydrogen) atoms. The van der Waals surface area contributed by atoms with Gasteiger partial charge in [0, 0.05) is 6.61 Å². The molecule has 1 heteroatoms. The number of benzene rings is 1. The van der Waals surface area contributed by atoms with Gasteiger partial charge < -0.3 is 4.74 Å². The third-order valence-corrected chi connectivity index (χ3v) is 4.10. The summed E-state index contributed by atoms with van der Waals surface area (Å²) in [6.07, 6.45) is 9.82. The Hall–Kier alpha value is -0.820. The van der Waals surface area contributed by atoms with Gasteiger partial charge in [-0.25, -0.2) is 0 Å². The van der Waals surface area contributed by atoms with E-state index in [1.54, 1.807) is 0 Å². The lowest BCUT2D eigenvalue weighted by molar-refractivity contribution is -0.00745. The third-order valence-electron chi connectivity index (χ3n) is 4.10. The third kappa shape index (κ3) is 4.13. The lowest BCUT2D eigenvalue weighted by atomic mass is 9.83. The second-order valence-corrected chi connectivity index (χ2v) is 5.42. The molecule has 2 rings (SSSR count). The van der Waals surface area contributed by atoms with Gasteiger partial charge in [-0.2, -0.15) is 0 Å². The van der Waals surface area contributed by atoms with E-state index in [4.69, 9.17) is 4.74 Å². The van der Waals surface area contributed by atoms with Crippen molar-refractivity contribution >= 4 is 0 Å². The van der Waals surface area contributed by atoms with Crippen LogP contribution >= 0.6 is 0 Å². The molecule has 1 fully saturated rings. The maximum Gasteiger partial charge on any atom is 0.0603 e. The van der Waals surface area contributed by atoms with Gasteiger partial charge in [0.25, 0.3) is 0 Å². The van der Waals surface area contributed by atoms with Crippen molar-refractivity contribution in [1.82, 2.24) is 0 Å². The summed E-state index contributed by atoms with van der Waals surface area (Å²) >= 11 is 0. The van der Waals surface area contributed by atoms with Gasteiger partial charge in [-0.1, -0.05) is 43.2 Å². The van der Waals surface area contributed by atoms with Crippen molar-refractivity contribution < 1.29 is 4.74 Å². The SMILES string of the molecule is CCO[C@H]1CCCC[C@@H]1CCCc1ccccc1.